The number of sulfonamides is 1. The molecule has 0 aromatic heterocycles. The Balaban J connectivity index is 1.56. The summed E-state index contributed by atoms with van der Waals surface area (Å²) >= 11 is 0. The van der Waals surface area contributed by atoms with Gasteiger partial charge in [0.2, 0.25) is 10.0 Å². The number of likely N-dealkylation sites (tertiary alicyclic amines) is 1. The minimum Gasteiger partial charge on any atom is -0.466 e. The van der Waals surface area contributed by atoms with Crippen molar-refractivity contribution in [3.05, 3.63) is 35.4 Å². The Kier molecular flexibility index (Phi) is 7.29. The highest BCUT2D eigenvalue weighted by Gasteiger charge is 2.29. The highest BCUT2D eigenvalue weighted by Crippen LogP contribution is 2.21. The van der Waals surface area contributed by atoms with Gasteiger partial charge in [-0.05, 0) is 50.3 Å². The molecule has 0 radical (unpaired) electrons. The third-order valence-corrected chi connectivity index (χ3v) is 7.51. The molecule has 3 rings (SSSR count). The van der Waals surface area contributed by atoms with Gasteiger partial charge in [0.25, 0.3) is 5.91 Å². The molecular formula is C21H30N2O5S. The number of hydrogen-bond donors (Lipinski definition) is 0. The van der Waals surface area contributed by atoms with Crippen molar-refractivity contribution in [2.24, 2.45) is 5.92 Å². The van der Waals surface area contributed by atoms with Crippen LogP contribution in [0.3, 0.4) is 0 Å². The Labute approximate surface area is 173 Å². The van der Waals surface area contributed by atoms with Crippen LogP contribution in [0, 0.1) is 5.92 Å². The van der Waals surface area contributed by atoms with Gasteiger partial charge in [0.05, 0.1) is 18.3 Å². The Bertz CT molecular complexity index is 808. The molecule has 2 heterocycles. The third kappa shape index (κ3) is 5.57. The molecule has 2 aliphatic rings. The van der Waals surface area contributed by atoms with E-state index in [1.807, 2.05) is 0 Å². The molecule has 2 aliphatic heterocycles. The summed E-state index contributed by atoms with van der Waals surface area (Å²) in [6.45, 7) is 4.40. The highest BCUT2D eigenvalue weighted by atomic mass is 32.2. The number of benzene rings is 1. The van der Waals surface area contributed by atoms with Gasteiger partial charge in [-0.15, -0.1) is 0 Å². The largest absolute Gasteiger partial charge is 0.466 e. The van der Waals surface area contributed by atoms with Crippen molar-refractivity contribution in [2.45, 2.75) is 44.8 Å². The molecule has 0 N–H and O–H groups in total. The number of carbonyl (C=O) groups excluding carboxylic acids is 2. The van der Waals surface area contributed by atoms with E-state index >= 15 is 0 Å². The van der Waals surface area contributed by atoms with Crippen LogP contribution in [-0.2, 0) is 25.3 Å². The second-order valence-corrected chi connectivity index (χ2v) is 9.70. The average molecular weight is 423 g/mol. The molecule has 8 heteroatoms. The lowest BCUT2D eigenvalue weighted by Gasteiger charge is -2.31. The second-order valence-electron chi connectivity index (χ2n) is 7.73. The average Bonchev–Trinajstić information content (AvgIpc) is 2.74. The molecule has 1 aromatic rings. The summed E-state index contributed by atoms with van der Waals surface area (Å²) in [6.07, 6.45) is 4.13. The zero-order chi connectivity index (χ0) is 20.9. The number of piperidine rings is 2. The van der Waals surface area contributed by atoms with Gasteiger partial charge in [0.15, 0.2) is 0 Å². The summed E-state index contributed by atoms with van der Waals surface area (Å²) in [5, 5.41) is 0. The Morgan fingerprint density at radius 2 is 1.62 bits per heavy atom. The first kappa shape index (κ1) is 21.8. The molecule has 0 bridgehead atoms. The van der Waals surface area contributed by atoms with E-state index in [9.17, 15) is 18.0 Å². The summed E-state index contributed by atoms with van der Waals surface area (Å²) in [4.78, 5) is 26.3. The van der Waals surface area contributed by atoms with E-state index in [2.05, 4.69) is 0 Å². The van der Waals surface area contributed by atoms with Gasteiger partial charge in [-0.3, -0.25) is 9.59 Å². The first-order valence-electron chi connectivity index (χ1n) is 10.4. The normalized spacial score (nSPS) is 19.1. The molecule has 0 unspecified atom stereocenters. The molecule has 29 heavy (non-hydrogen) atoms. The SMILES string of the molecule is CCOC(=O)C1CCN(C(=O)c2ccc(CS(=O)(=O)N3CCCCC3)cc2)CC1. The zero-order valence-corrected chi connectivity index (χ0v) is 17.8. The van der Waals surface area contributed by atoms with E-state index in [-0.39, 0.29) is 23.5 Å². The molecule has 0 spiro atoms. The quantitative estimate of drug-likeness (QED) is 0.658. The summed E-state index contributed by atoms with van der Waals surface area (Å²) in [5.41, 5.74) is 1.23. The van der Waals surface area contributed by atoms with E-state index in [0.29, 0.717) is 56.8 Å². The number of ether oxygens (including phenoxy) is 1. The van der Waals surface area contributed by atoms with Gasteiger partial charge in [-0.25, -0.2) is 12.7 Å². The monoisotopic (exact) mass is 422 g/mol. The fourth-order valence-electron chi connectivity index (χ4n) is 3.95. The fraction of sp³-hybridized carbons (Fsp3) is 0.619. The first-order valence-corrected chi connectivity index (χ1v) is 12.0. The minimum absolute atomic E-state index is 0.0353. The predicted molar refractivity (Wildman–Crippen MR) is 110 cm³/mol. The molecule has 0 atom stereocenters. The van der Waals surface area contributed by atoms with Crippen molar-refractivity contribution >= 4 is 21.9 Å². The van der Waals surface area contributed by atoms with Crippen molar-refractivity contribution in [3.63, 3.8) is 0 Å². The van der Waals surface area contributed by atoms with Crippen molar-refractivity contribution in [1.29, 1.82) is 0 Å². The number of carbonyl (C=O) groups is 2. The second kappa shape index (κ2) is 9.71. The molecule has 1 amide bonds. The standard InChI is InChI=1S/C21H30N2O5S/c1-2-28-21(25)19-10-14-22(15-11-19)20(24)18-8-6-17(7-9-18)16-29(26,27)23-12-4-3-5-13-23/h6-9,19H,2-5,10-16H2,1H3. The van der Waals surface area contributed by atoms with Crippen LogP contribution in [0.15, 0.2) is 24.3 Å². The van der Waals surface area contributed by atoms with E-state index in [1.54, 1.807) is 40.4 Å². The van der Waals surface area contributed by atoms with Gasteiger partial charge in [-0.1, -0.05) is 18.6 Å². The molecule has 2 fully saturated rings. The molecular weight excluding hydrogens is 392 g/mol. The Morgan fingerprint density at radius 1 is 1.00 bits per heavy atom. The topological polar surface area (TPSA) is 84.0 Å². The number of rotatable bonds is 6. The fourth-order valence-corrected chi connectivity index (χ4v) is 5.56. The van der Waals surface area contributed by atoms with Crippen molar-refractivity contribution < 1.29 is 22.7 Å². The van der Waals surface area contributed by atoms with Crippen molar-refractivity contribution in [1.82, 2.24) is 9.21 Å². The van der Waals surface area contributed by atoms with Gasteiger partial charge in [-0.2, -0.15) is 0 Å². The number of hydrogen-bond acceptors (Lipinski definition) is 5. The lowest BCUT2D eigenvalue weighted by molar-refractivity contribution is -0.149. The maximum Gasteiger partial charge on any atom is 0.309 e. The first-order chi connectivity index (χ1) is 13.9. The Hall–Kier alpha value is -1.93. The van der Waals surface area contributed by atoms with E-state index in [4.69, 9.17) is 4.74 Å². The predicted octanol–water partition coefficient (Wildman–Crippen LogP) is 2.42. The molecule has 0 saturated carbocycles. The van der Waals surface area contributed by atoms with Gasteiger partial charge < -0.3 is 9.64 Å². The van der Waals surface area contributed by atoms with Crippen LogP contribution >= 0.6 is 0 Å². The van der Waals surface area contributed by atoms with Gasteiger partial charge in [0, 0.05) is 31.7 Å². The molecule has 7 nitrogen and oxygen atoms in total. The highest BCUT2D eigenvalue weighted by molar-refractivity contribution is 7.88. The molecule has 2 saturated heterocycles. The smallest absolute Gasteiger partial charge is 0.309 e. The lowest BCUT2D eigenvalue weighted by atomic mass is 9.96. The van der Waals surface area contributed by atoms with Gasteiger partial charge >= 0.3 is 5.97 Å². The van der Waals surface area contributed by atoms with Crippen LogP contribution in [0.25, 0.3) is 0 Å². The maximum atomic E-state index is 12.7. The van der Waals surface area contributed by atoms with Crippen LogP contribution in [0.4, 0.5) is 0 Å². The summed E-state index contributed by atoms with van der Waals surface area (Å²) in [7, 11) is -3.31. The maximum absolute atomic E-state index is 12.7. The van der Waals surface area contributed by atoms with Crippen molar-refractivity contribution in [2.75, 3.05) is 32.8 Å². The number of amides is 1. The number of nitrogens with zero attached hydrogens (tertiary/aromatic N) is 2. The zero-order valence-electron chi connectivity index (χ0n) is 17.0. The van der Waals surface area contributed by atoms with Crippen LogP contribution in [0.5, 0.6) is 0 Å². The van der Waals surface area contributed by atoms with Crippen LogP contribution in [-0.4, -0.2) is 62.3 Å². The molecule has 160 valence electrons. The lowest BCUT2D eigenvalue weighted by Crippen LogP contribution is -2.40. The molecule has 0 aliphatic carbocycles. The van der Waals surface area contributed by atoms with Crippen LogP contribution in [0.2, 0.25) is 0 Å². The summed E-state index contributed by atoms with van der Waals surface area (Å²) < 4.78 is 31.8. The van der Waals surface area contributed by atoms with Crippen LogP contribution in [0.1, 0.15) is 54.9 Å². The van der Waals surface area contributed by atoms with E-state index < -0.39 is 10.0 Å². The van der Waals surface area contributed by atoms with Crippen molar-refractivity contribution in [3.8, 4) is 0 Å². The Morgan fingerprint density at radius 3 is 2.21 bits per heavy atom. The summed E-state index contributed by atoms with van der Waals surface area (Å²) in [6, 6.07) is 6.84. The minimum atomic E-state index is -3.31. The van der Waals surface area contributed by atoms with Gasteiger partial charge in [0.1, 0.15) is 0 Å². The summed E-state index contributed by atoms with van der Waals surface area (Å²) in [5.74, 6) is -0.440. The molecule has 1 aromatic carbocycles. The number of esters is 1. The van der Waals surface area contributed by atoms with E-state index in [1.165, 1.54) is 0 Å². The van der Waals surface area contributed by atoms with Crippen LogP contribution < -0.4 is 0 Å². The van der Waals surface area contributed by atoms with E-state index in [0.717, 1.165) is 19.3 Å². The third-order valence-electron chi connectivity index (χ3n) is 5.66.